The lowest BCUT2D eigenvalue weighted by atomic mass is 10.3. The fourth-order valence-corrected chi connectivity index (χ4v) is 0.746. The fraction of sp³-hybridized carbons (Fsp3) is 0. The molecular weight excluding hydrogens is 182 g/mol. The van der Waals surface area contributed by atoms with Crippen molar-refractivity contribution in [3.05, 3.63) is 30.3 Å². The number of hydrogen-bond donors (Lipinski definition) is 4. The molecule has 1 rings (SSSR count). The molecule has 6 N–H and O–H groups in total. The lowest BCUT2D eigenvalue weighted by Crippen LogP contribution is -2.32. The van der Waals surface area contributed by atoms with Gasteiger partial charge in [0.15, 0.2) is 5.84 Å². The van der Waals surface area contributed by atoms with Crippen molar-refractivity contribution in [3.63, 3.8) is 0 Å². The van der Waals surface area contributed by atoms with Gasteiger partial charge >= 0.3 is 0 Å². The Balaban J connectivity index is 2.64. The summed E-state index contributed by atoms with van der Waals surface area (Å²) in [6, 6.07) is 9.18. The number of nitrogens with zero attached hydrogens (tertiary/aromatic N) is 2. The Hall–Kier alpha value is -2.24. The molecule has 0 saturated carbocycles. The molecule has 14 heavy (non-hydrogen) atoms. The van der Waals surface area contributed by atoms with Crippen LogP contribution in [0.1, 0.15) is 0 Å². The van der Waals surface area contributed by atoms with Crippen molar-refractivity contribution in [1.29, 1.82) is 0 Å². The molecule has 0 atom stereocenters. The van der Waals surface area contributed by atoms with Gasteiger partial charge in [-0.25, -0.2) is 0 Å². The van der Waals surface area contributed by atoms with E-state index in [-0.39, 0.29) is 11.7 Å². The number of nitrogens with one attached hydrogen (secondary N) is 1. The van der Waals surface area contributed by atoms with E-state index >= 15 is 0 Å². The Morgan fingerprint density at radius 3 is 2.36 bits per heavy atom. The van der Waals surface area contributed by atoms with Crippen molar-refractivity contribution in [2.45, 2.75) is 0 Å². The number of hydrogen-bond acceptors (Lipinski definition) is 4. The molecule has 0 bridgehead atoms. The van der Waals surface area contributed by atoms with Crippen molar-refractivity contribution >= 4 is 17.4 Å². The topological polar surface area (TPSA) is 109 Å². The summed E-state index contributed by atoms with van der Waals surface area (Å²) in [6.07, 6.45) is 0. The van der Waals surface area contributed by atoms with Crippen molar-refractivity contribution in [2.24, 2.45) is 21.7 Å². The molecule has 0 heterocycles. The quantitative estimate of drug-likeness (QED) is 0.231. The van der Waals surface area contributed by atoms with Crippen LogP contribution in [0.25, 0.3) is 0 Å². The van der Waals surface area contributed by atoms with Gasteiger partial charge in [-0.05, 0) is 12.1 Å². The molecule has 0 unspecified atom stereocenters. The first-order valence-electron chi connectivity index (χ1n) is 3.86. The van der Waals surface area contributed by atoms with Crippen LogP contribution in [-0.2, 0) is 0 Å². The molecule has 0 spiro atoms. The molecular formula is C8H11N5O. The van der Waals surface area contributed by atoms with E-state index in [1.165, 1.54) is 0 Å². The van der Waals surface area contributed by atoms with Gasteiger partial charge in [0.2, 0.25) is 5.84 Å². The summed E-state index contributed by atoms with van der Waals surface area (Å²) in [5, 5.41) is 14.7. The highest BCUT2D eigenvalue weighted by molar-refractivity contribution is 6.39. The Morgan fingerprint density at radius 1 is 1.14 bits per heavy atom. The molecule has 0 aromatic heterocycles. The van der Waals surface area contributed by atoms with E-state index in [1.54, 1.807) is 0 Å². The predicted molar refractivity (Wildman–Crippen MR) is 55.1 cm³/mol. The zero-order valence-electron chi connectivity index (χ0n) is 7.38. The number of oxime groups is 1. The maximum absolute atomic E-state index is 8.28. The monoisotopic (exact) mass is 193 g/mol. The van der Waals surface area contributed by atoms with E-state index in [1.807, 2.05) is 30.3 Å². The second kappa shape index (κ2) is 4.70. The number of amidine groups is 2. The maximum atomic E-state index is 8.28. The van der Waals surface area contributed by atoms with Crippen LogP contribution in [0.2, 0.25) is 0 Å². The van der Waals surface area contributed by atoms with Crippen LogP contribution < -0.4 is 16.9 Å². The van der Waals surface area contributed by atoms with E-state index < -0.39 is 0 Å². The standard InChI is InChI=1S/C8H11N5O/c9-7(8(10)13-14)12-11-6-4-2-1-3-5-6/h1-5,11,14H,(H2,9,12)(H2,10,13). The van der Waals surface area contributed by atoms with Crippen LogP contribution in [0, 0.1) is 0 Å². The molecule has 0 fully saturated rings. The van der Waals surface area contributed by atoms with Gasteiger partial charge in [0, 0.05) is 0 Å². The summed E-state index contributed by atoms with van der Waals surface area (Å²) < 4.78 is 0. The van der Waals surface area contributed by atoms with Gasteiger partial charge in [0.25, 0.3) is 0 Å². The van der Waals surface area contributed by atoms with E-state index in [4.69, 9.17) is 16.7 Å². The predicted octanol–water partition coefficient (Wildman–Crippen LogP) is 0.117. The minimum Gasteiger partial charge on any atom is -0.409 e. The number of hydrazone groups is 1. The molecule has 0 aliphatic rings. The largest absolute Gasteiger partial charge is 0.409 e. The molecule has 6 heteroatoms. The third-order valence-electron chi connectivity index (χ3n) is 1.45. The van der Waals surface area contributed by atoms with Crippen molar-refractivity contribution in [2.75, 3.05) is 5.43 Å². The van der Waals surface area contributed by atoms with Gasteiger partial charge in [-0.1, -0.05) is 23.4 Å². The first-order chi connectivity index (χ1) is 6.74. The average molecular weight is 193 g/mol. The SMILES string of the molecule is NC(=NO)C(N)=NNc1ccccc1. The summed E-state index contributed by atoms with van der Waals surface area (Å²) in [4.78, 5) is 0. The van der Waals surface area contributed by atoms with Gasteiger partial charge in [-0.3, -0.25) is 5.43 Å². The number of benzene rings is 1. The van der Waals surface area contributed by atoms with Gasteiger partial charge in [0.1, 0.15) is 0 Å². The average Bonchev–Trinajstić information content (AvgIpc) is 2.26. The van der Waals surface area contributed by atoms with Gasteiger partial charge in [-0.15, -0.1) is 0 Å². The van der Waals surface area contributed by atoms with Crippen LogP contribution in [0.15, 0.2) is 40.6 Å². The minimum atomic E-state index is -0.228. The first kappa shape index (κ1) is 9.85. The molecule has 74 valence electrons. The maximum Gasteiger partial charge on any atom is 0.207 e. The number of anilines is 1. The Morgan fingerprint density at radius 2 is 1.79 bits per heavy atom. The highest BCUT2D eigenvalue weighted by Crippen LogP contribution is 2.03. The molecule has 0 radical (unpaired) electrons. The van der Waals surface area contributed by atoms with Crippen LogP contribution in [-0.4, -0.2) is 16.9 Å². The van der Waals surface area contributed by atoms with E-state index in [9.17, 15) is 0 Å². The molecule has 6 nitrogen and oxygen atoms in total. The molecule has 0 saturated heterocycles. The Bertz CT molecular complexity index is 346. The van der Waals surface area contributed by atoms with Gasteiger partial charge in [0.05, 0.1) is 5.69 Å². The summed E-state index contributed by atoms with van der Waals surface area (Å²) in [5.74, 6) is -0.301. The molecule has 1 aromatic carbocycles. The third-order valence-corrected chi connectivity index (χ3v) is 1.45. The van der Waals surface area contributed by atoms with Gasteiger partial charge in [-0.2, -0.15) is 5.10 Å². The van der Waals surface area contributed by atoms with Gasteiger partial charge < -0.3 is 16.7 Å². The van der Waals surface area contributed by atoms with E-state index in [0.717, 1.165) is 5.69 Å². The lowest BCUT2D eigenvalue weighted by Gasteiger charge is -2.00. The molecule has 0 aliphatic carbocycles. The third kappa shape index (κ3) is 2.67. The number of rotatable bonds is 2. The summed E-state index contributed by atoms with van der Waals surface area (Å²) in [6.45, 7) is 0. The first-order valence-corrected chi connectivity index (χ1v) is 3.86. The van der Waals surface area contributed by atoms with Crippen LogP contribution in [0.4, 0.5) is 5.69 Å². The second-order valence-corrected chi connectivity index (χ2v) is 2.46. The summed E-state index contributed by atoms with van der Waals surface area (Å²) >= 11 is 0. The molecule has 0 aliphatic heterocycles. The number of nitrogens with two attached hydrogens (primary N) is 2. The fourth-order valence-electron chi connectivity index (χ4n) is 0.746. The van der Waals surface area contributed by atoms with Crippen molar-refractivity contribution in [3.8, 4) is 0 Å². The van der Waals surface area contributed by atoms with E-state index in [0.29, 0.717) is 0 Å². The van der Waals surface area contributed by atoms with Crippen molar-refractivity contribution < 1.29 is 5.21 Å². The second-order valence-electron chi connectivity index (χ2n) is 2.46. The van der Waals surface area contributed by atoms with Crippen LogP contribution in [0.3, 0.4) is 0 Å². The number of para-hydroxylation sites is 1. The van der Waals surface area contributed by atoms with Crippen LogP contribution >= 0.6 is 0 Å². The zero-order valence-corrected chi connectivity index (χ0v) is 7.38. The Labute approximate surface area is 80.9 Å². The minimum absolute atomic E-state index is 0.0728. The highest BCUT2D eigenvalue weighted by atomic mass is 16.4. The Kier molecular flexibility index (Phi) is 3.31. The molecule has 0 amide bonds. The van der Waals surface area contributed by atoms with Crippen molar-refractivity contribution in [1.82, 2.24) is 0 Å². The highest BCUT2D eigenvalue weighted by Gasteiger charge is 1.97. The van der Waals surface area contributed by atoms with Crippen LogP contribution in [0.5, 0.6) is 0 Å². The summed E-state index contributed by atoms with van der Waals surface area (Å²) in [5.41, 5.74) is 13.9. The normalized spacial score (nSPS) is 12.6. The lowest BCUT2D eigenvalue weighted by molar-refractivity contribution is 0.319. The smallest absolute Gasteiger partial charge is 0.207 e. The summed E-state index contributed by atoms with van der Waals surface area (Å²) in [7, 11) is 0. The van der Waals surface area contributed by atoms with E-state index in [2.05, 4.69) is 15.7 Å². The molecule has 1 aromatic rings. The zero-order chi connectivity index (χ0) is 10.4.